The molecule has 84 valence electrons. The number of amides is 1. The molecule has 1 heterocycles. The van der Waals surface area contributed by atoms with Crippen LogP contribution in [0.3, 0.4) is 0 Å². The molecule has 1 rings (SSSR count). The van der Waals surface area contributed by atoms with Crippen molar-refractivity contribution < 1.29 is 9.90 Å². The van der Waals surface area contributed by atoms with E-state index in [4.69, 9.17) is 5.11 Å². The van der Waals surface area contributed by atoms with E-state index in [1.807, 2.05) is 0 Å². The molecule has 0 spiro atoms. The Morgan fingerprint density at radius 1 is 1.67 bits per heavy atom. The Balaban J connectivity index is 2.82. The van der Waals surface area contributed by atoms with E-state index in [1.165, 1.54) is 0 Å². The molecular formula is C10H15BrN2O2. The number of nitrogens with zero attached hydrogens (tertiary/aromatic N) is 1. The van der Waals surface area contributed by atoms with Crippen LogP contribution in [-0.4, -0.2) is 27.7 Å². The van der Waals surface area contributed by atoms with Crippen LogP contribution in [0.4, 0.5) is 0 Å². The van der Waals surface area contributed by atoms with Gasteiger partial charge in [0.25, 0.3) is 5.91 Å². The second-order valence-electron chi connectivity index (χ2n) is 4.15. The highest BCUT2D eigenvalue weighted by Gasteiger charge is 2.21. The highest BCUT2D eigenvalue weighted by Crippen LogP contribution is 2.14. The van der Waals surface area contributed by atoms with Crippen molar-refractivity contribution in [1.82, 2.24) is 9.88 Å². The van der Waals surface area contributed by atoms with Crippen molar-refractivity contribution in [3.8, 4) is 0 Å². The SMILES string of the molecule is Cn1cc(Br)cc1C(=O)NC(C)(C)CO. The molecule has 1 aromatic heterocycles. The molecule has 0 radical (unpaired) electrons. The molecule has 4 nitrogen and oxygen atoms in total. The molecule has 0 fully saturated rings. The molecule has 1 amide bonds. The third-order valence-electron chi connectivity index (χ3n) is 2.05. The number of hydrogen-bond donors (Lipinski definition) is 2. The lowest BCUT2D eigenvalue weighted by Gasteiger charge is -2.23. The first-order valence-corrected chi connectivity index (χ1v) is 5.40. The van der Waals surface area contributed by atoms with Gasteiger partial charge >= 0.3 is 0 Å². The monoisotopic (exact) mass is 274 g/mol. The fraction of sp³-hybridized carbons (Fsp3) is 0.500. The number of rotatable bonds is 3. The number of nitrogens with one attached hydrogen (secondary N) is 1. The van der Waals surface area contributed by atoms with Crippen LogP contribution in [0.1, 0.15) is 24.3 Å². The van der Waals surface area contributed by atoms with Crippen molar-refractivity contribution in [3.63, 3.8) is 0 Å². The number of carbonyl (C=O) groups is 1. The zero-order chi connectivity index (χ0) is 11.6. The predicted molar refractivity (Wildman–Crippen MR) is 61.7 cm³/mol. The van der Waals surface area contributed by atoms with Gasteiger partial charge in [0.05, 0.1) is 12.1 Å². The molecule has 0 aliphatic heterocycles. The third-order valence-corrected chi connectivity index (χ3v) is 2.49. The summed E-state index contributed by atoms with van der Waals surface area (Å²) in [6.07, 6.45) is 1.81. The van der Waals surface area contributed by atoms with E-state index in [0.29, 0.717) is 5.69 Å². The molecule has 2 N–H and O–H groups in total. The second kappa shape index (κ2) is 4.37. The normalized spacial score (nSPS) is 11.5. The van der Waals surface area contributed by atoms with Gasteiger partial charge < -0.3 is 15.0 Å². The minimum atomic E-state index is -0.603. The van der Waals surface area contributed by atoms with Gasteiger partial charge in [-0.05, 0) is 35.8 Å². The summed E-state index contributed by atoms with van der Waals surface area (Å²) in [4.78, 5) is 11.8. The number of halogens is 1. The lowest BCUT2D eigenvalue weighted by molar-refractivity contribution is 0.0861. The van der Waals surface area contributed by atoms with Crippen LogP contribution in [0.25, 0.3) is 0 Å². The number of aromatic nitrogens is 1. The molecule has 15 heavy (non-hydrogen) atoms. The Morgan fingerprint density at radius 3 is 2.67 bits per heavy atom. The summed E-state index contributed by atoms with van der Waals surface area (Å²) in [7, 11) is 1.80. The Hall–Kier alpha value is -0.810. The average Bonchev–Trinajstić information content (AvgIpc) is 2.45. The highest BCUT2D eigenvalue weighted by atomic mass is 79.9. The van der Waals surface area contributed by atoms with E-state index in [9.17, 15) is 4.79 Å². The summed E-state index contributed by atoms with van der Waals surface area (Å²) in [6.45, 7) is 3.44. The zero-order valence-corrected chi connectivity index (χ0v) is 10.6. The number of hydrogen-bond acceptors (Lipinski definition) is 2. The van der Waals surface area contributed by atoms with E-state index in [2.05, 4.69) is 21.2 Å². The van der Waals surface area contributed by atoms with Gasteiger partial charge in [-0.25, -0.2) is 0 Å². The smallest absolute Gasteiger partial charge is 0.268 e. The quantitative estimate of drug-likeness (QED) is 0.873. The van der Waals surface area contributed by atoms with Gasteiger partial charge in [-0.15, -0.1) is 0 Å². The largest absolute Gasteiger partial charge is 0.394 e. The van der Waals surface area contributed by atoms with Crippen LogP contribution in [0.5, 0.6) is 0 Å². The number of aryl methyl sites for hydroxylation is 1. The van der Waals surface area contributed by atoms with Gasteiger partial charge in [-0.1, -0.05) is 0 Å². The second-order valence-corrected chi connectivity index (χ2v) is 5.07. The predicted octanol–water partition coefficient (Wildman–Crippen LogP) is 1.29. The molecule has 0 saturated carbocycles. The Labute approximate surface area is 97.4 Å². The molecule has 0 aromatic carbocycles. The first kappa shape index (κ1) is 12.3. The molecule has 0 unspecified atom stereocenters. The third kappa shape index (κ3) is 3.07. The van der Waals surface area contributed by atoms with Gasteiger partial charge in [0.2, 0.25) is 0 Å². The Bertz CT molecular complexity index is 371. The molecule has 0 atom stereocenters. The summed E-state index contributed by atoms with van der Waals surface area (Å²) in [5.74, 6) is -0.192. The van der Waals surface area contributed by atoms with E-state index < -0.39 is 5.54 Å². The summed E-state index contributed by atoms with van der Waals surface area (Å²) in [6, 6.07) is 1.74. The number of aliphatic hydroxyl groups is 1. The van der Waals surface area contributed by atoms with E-state index in [1.54, 1.807) is 37.7 Å². The minimum absolute atomic E-state index is 0.0929. The molecule has 5 heteroatoms. The maximum absolute atomic E-state index is 11.8. The number of carbonyl (C=O) groups excluding carboxylic acids is 1. The van der Waals surface area contributed by atoms with Gasteiger partial charge in [0, 0.05) is 17.7 Å². The molecular weight excluding hydrogens is 260 g/mol. The summed E-state index contributed by atoms with van der Waals surface area (Å²) in [5, 5.41) is 11.8. The Morgan fingerprint density at radius 2 is 2.27 bits per heavy atom. The first-order valence-electron chi connectivity index (χ1n) is 4.61. The van der Waals surface area contributed by atoms with Crippen molar-refractivity contribution in [1.29, 1.82) is 0 Å². The molecule has 1 aromatic rings. The van der Waals surface area contributed by atoms with Crippen molar-refractivity contribution >= 4 is 21.8 Å². The number of aliphatic hydroxyl groups excluding tert-OH is 1. The van der Waals surface area contributed by atoms with Crippen molar-refractivity contribution in [3.05, 3.63) is 22.4 Å². The Kier molecular flexibility index (Phi) is 3.57. The molecule has 0 saturated heterocycles. The van der Waals surface area contributed by atoms with E-state index in [0.717, 1.165) is 4.47 Å². The van der Waals surface area contributed by atoms with Crippen molar-refractivity contribution in [2.24, 2.45) is 7.05 Å². The minimum Gasteiger partial charge on any atom is -0.394 e. The van der Waals surface area contributed by atoms with Crippen LogP contribution in [0.15, 0.2) is 16.7 Å². The summed E-state index contributed by atoms with van der Waals surface area (Å²) < 4.78 is 2.59. The lowest BCUT2D eigenvalue weighted by atomic mass is 10.1. The lowest BCUT2D eigenvalue weighted by Crippen LogP contribution is -2.46. The zero-order valence-electron chi connectivity index (χ0n) is 9.04. The standard InChI is InChI=1S/C10H15BrN2O2/c1-10(2,6-14)12-9(15)8-4-7(11)5-13(8)3/h4-5,14H,6H2,1-3H3,(H,12,15). The van der Waals surface area contributed by atoms with Crippen molar-refractivity contribution in [2.45, 2.75) is 19.4 Å². The van der Waals surface area contributed by atoms with Crippen LogP contribution < -0.4 is 5.32 Å². The van der Waals surface area contributed by atoms with Gasteiger partial charge in [-0.3, -0.25) is 4.79 Å². The molecule has 0 bridgehead atoms. The van der Waals surface area contributed by atoms with Crippen LogP contribution >= 0.6 is 15.9 Å². The van der Waals surface area contributed by atoms with Gasteiger partial charge in [0.1, 0.15) is 5.69 Å². The van der Waals surface area contributed by atoms with Crippen LogP contribution in [-0.2, 0) is 7.05 Å². The summed E-state index contributed by atoms with van der Waals surface area (Å²) in [5.41, 5.74) is -0.0446. The van der Waals surface area contributed by atoms with Crippen LogP contribution in [0.2, 0.25) is 0 Å². The van der Waals surface area contributed by atoms with Crippen LogP contribution in [0, 0.1) is 0 Å². The van der Waals surface area contributed by atoms with E-state index >= 15 is 0 Å². The maximum atomic E-state index is 11.8. The highest BCUT2D eigenvalue weighted by molar-refractivity contribution is 9.10. The molecule has 0 aliphatic carbocycles. The van der Waals surface area contributed by atoms with Gasteiger partial charge in [-0.2, -0.15) is 0 Å². The maximum Gasteiger partial charge on any atom is 0.268 e. The topological polar surface area (TPSA) is 54.3 Å². The first-order chi connectivity index (χ1) is 6.85. The molecule has 0 aliphatic rings. The summed E-state index contributed by atoms with van der Waals surface area (Å²) >= 11 is 3.30. The average molecular weight is 275 g/mol. The fourth-order valence-electron chi connectivity index (χ4n) is 1.16. The fourth-order valence-corrected chi connectivity index (χ4v) is 1.68. The van der Waals surface area contributed by atoms with E-state index in [-0.39, 0.29) is 12.5 Å². The van der Waals surface area contributed by atoms with Crippen molar-refractivity contribution in [2.75, 3.05) is 6.61 Å². The van der Waals surface area contributed by atoms with Gasteiger partial charge in [0.15, 0.2) is 0 Å².